The minimum absolute atomic E-state index is 0.0887. The van der Waals surface area contributed by atoms with Gasteiger partial charge in [-0.3, -0.25) is 9.59 Å². The Balaban J connectivity index is 1.34. The number of thiazole rings is 1. The van der Waals surface area contributed by atoms with Gasteiger partial charge in [0, 0.05) is 30.9 Å². The van der Waals surface area contributed by atoms with E-state index in [1.807, 2.05) is 17.0 Å². The zero-order valence-electron chi connectivity index (χ0n) is 21.7. The van der Waals surface area contributed by atoms with Crippen LogP contribution in [0.25, 0.3) is 0 Å². The summed E-state index contributed by atoms with van der Waals surface area (Å²) < 4.78 is 11.3. The van der Waals surface area contributed by atoms with Crippen molar-refractivity contribution in [1.82, 2.24) is 14.8 Å². The van der Waals surface area contributed by atoms with Crippen LogP contribution < -0.4 is 4.74 Å². The molecule has 2 aliphatic heterocycles. The van der Waals surface area contributed by atoms with Crippen LogP contribution in [0, 0.1) is 0 Å². The van der Waals surface area contributed by atoms with E-state index in [1.54, 1.807) is 50.1 Å². The number of nitrogens with zero attached hydrogens (tertiary/aromatic N) is 3. The van der Waals surface area contributed by atoms with Gasteiger partial charge in [0.1, 0.15) is 17.5 Å². The highest BCUT2D eigenvalue weighted by Gasteiger charge is 2.39. The quantitative estimate of drug-likeness (QED) is 0.457. The highest BCUT2D eigenvalue weighted by Crippen LogP contribution is 2.33. The Morgan fingerprint density at radius 1 is 1.11 bits per heavy atom. The van der Waals surface area contributed by atoms with E-state index in [0.717, 1.165) is 24.3 Å². The van der Waals surface area contributed by atoms with Gasteiger partial charge in [0.25, 0.3) is 11.8 Å². The van der Waals surface area contributed by atoms with Gasteiger partial charge in [0.15, 0.2) is 5.60 Å². The number of esters is 1. The maximum Gasteiger partial charge on any atom is 0.329 e. The summed E-state index contributed by atoms with van der Waals surface area (Å²) in [6.07, 6.45) is 2.66. The summed E-state index contributed by atoms with van der Waals surface area (Å²) in [5.41, 5.74) is -0.682. The number of hydrogen-bond donors (Lipinski definition) is 0. The van der Waals surface area contributed by atoms with Crippen LogP contribution in [0.4, 0.5) is 0 Å². The summed E-state index contributed by atoms with van der Waals surface area (Å²) in [5, 5.41) is 3.13. The van der Waals surface area contributed by atoms with Gasteiger partial charge in [-0.25, -0.2) is 9.78 Å². The Hall–Kier alpha value is -2.65. The van der Waals surface area contributed by atoms with Crippen molar-refractivity contribution in [3.63, 3.8) is 0 Å². The average molecular weight is 548 g/mol. The largest absolute Gasteiger partial charge is 0.476 e. The number of aromatic nitrogens is 1. The zero-order valence-corrected chi connectivity index (χ0v) is 23.3. The molecule has 37 heavy (non-hydrogen) atoms. The van der Waals surface area contributed by atoms with Crippen molar-refractivity contribution < 1.29 is 23.9 Å². The van der Waals surface area contributed by atoms with E-state index in [9.17, 15) is 14.4 Å². The molecule has 0 saturated carbocycles. The lowest BCUT2D eigenvalue weighted by atomic mass is 9.96. The number of carbonyl (C=O) groups excluding carboxylic acids is 3. The molecule has 1 atom stereocenters. The Morgan fingerprint density at radius 2 is 1.81 bits per heavy atom. The standard InChI is InChI=1S/C27H34ClN3O5S/c1-17(2)35-25(33)21-9-7-13-31(21)24(32)20-16-37-23(29-20)18-11-14-30(15-12-18)26(34)27(3,4)36-22-10-6-5-8-19(22)28/h5-6,8,10,16-18,21H,7,9,11-15H2,1-4H3. The Morgan fingerprint density at radius 3 is 2.49 bits per heavy atom. The molecule has 3 heterocycles. The first-order valence-electron chi connectivity index (χ1n) is 12.8. The van der Waals surface area contributed by atoms with E-state index in [4.69, 9.17) is 21.1 Å². The fourth-order valence-corrected chi connectivity index (χ4v) is 5.98. The van der Waals surface area contributed by atoms with Crippen molar-refractivity contribution in [1.29, 1.82) is 0 Å². The average Bonchev–Trinajstić information content (AvgIpc) is 3.55. The summed E-state index contributed by atoms with van der Waals surface area (Å²) in [4.78, 5) is 46.9. The molecule has 1 unspecified atom stereocenters. The van der Waals surface area contributed by atoms with Gasteiger partial charge in [-0.1, -0.05) is 23.7 Å². The van der Waals surface area contributed by atoms with Gasteiger partial charge in [-0.2, -0.15) is 0 Å². The molecule has 0 radical (unpaired) electrons. The van der Waals surface area contributed by atoms with Crippen LogP contribution in [0.1, 0.15) is 74.8 Å². The maximum absolute atomic E-state index is 13.2. The summed E-state index contributed by atoms with van der Waals surface area (Å²) in [7, 11) is 0. The van der Waals surface area contributed by atoms with Crippen molar-refractivity contribution >= 4 is 40.7 Å². The van der Waals surface area contributed by atoms with Crippen molar-refractivity contribution in [2.24, 2.45) is 0 Å². The molecular weight excluding hydrogens is 514 g/mol. The Labute approximate surface area is 226 Å². The van der Waals surface area contributed by atoms with Crippen molar-refractivity contribution in [3.8, 4) is 5.75 Å². The second-order valence-electron chi connectivity index (χ2n) is 10.3. The monoisotopic (exact) mass is 547 g/mol. The predicted molar refractivity (Wildman–Crippen MR) is 142 cm³/mol. The van der Waals surface area contributed by atoms with E-state index in [2.05, 4.69) is 4.98 Å². The molecule has 0 bridgehead atoms. The minimum atomic E-state index is -1.05. The van der Waals surface area contributed by atoms with Gasteiger partial charge < -0.3 is 19.3 Å². The van der Waals surface area contributed by atoms with Gasteiger partial charge in [-0.15, -0.1) is 11.3 Å². The maximum atomic E-state index is 13.2. The highest BCUT2D eigenvalue weighted by atomic mass is 35.5. The first-order chi connectivity index (χ1) is 17.6. The SMILES string of the molecule is CC(C)OC(=O)C1CCCN1C(=O)c1csc(C2CCN(C(=O)C(C)(C)Oc3ccccc3Cl)CC2)n1. The molecule has 2 fully saturated rings. The second-order valence-corrected chi connectivity index (χ2v) is 11.6. The lowest BCUT2D eigenvalue weighted by Gasteiger charge is -2.36. The number of benzene rings is 1. The number of halogens is 1. The van der Waals surface area contributed by atoms with Gasteiger partial charge in [-0.05, 0) is 65.5 Å². The first kappa shape index (κ1) is 27.4. The number of piperidine rings is 1. The molecule has 1 aromatic heterocycles. The Bertz CT molecular complexity index is 1140. The molecule has 2 aromatic rings. The van der Waals surface area contributed by atoms with E-state index < -0.39 is 11.6 Å². The molecule has 2 aliphatic rings. The minimum Gasteiger partial charge on any atom is -0.476 e. The molecule has 1 aromatic carbocycles. The third-order valence-electron chi connectivity index (χ3n) is 6.73. The summed E-state index contributed by atoms with van der Waals surface area (Å²) in [6, 6.07) is 6.57. The number of ether oxygens (including phenoxy) is 2. The molecule has 8 nitrogen and oxygen atoms in total. The third kappa shape index (κ3) is 6.26. The van der Waals surface area contributed by atoms with Gasteiger partial charge in [0.2, 0.25) is 0 Å². The number of rotatable bonds is 7. The topological polar surface area (TPSA) is 89.0 Å². The lowest BCUT2D eigenvalue weighted by Crippen LogP contribution is -2.51. The van der Waals surface area contributed by atoms with E-state index in [0.29, 0.717) is 42.5 Å². The number of amides is 2. The smallest absolute Gasteiger partial charge is 0.329 e. The van der Waals surface area contributed by atoms with Crippen LogP contribution >= 0.6 is 22.9 Å². The first-order valence-corrected chi connectivity index (χ1v) is 14.0. The number of likely N-dealkylation sites (tertiary alicyclic amines) is 2. The van der Waals surface area contributed by atoms with Crippen molar-refractivity contribution in [3.05, 3.63) is 45.4 Å². The molecule has 200 valence electrons. The lowest BCUT2D eigenvalue weighted by molar-refractivity contribution is -0.152. The van der Waals surface area contributed by atoms with Crippen LogP contribution in [0.15, 0.2) is 29.6 Å². The highest BCUT2D eigenvalue weighted by molar-refractivity contribution is 7.09. The molecule has 10 heteroatoms. The third-order valence-corrected chi connectivity index (χ3v) is 8.05. The fraction of sp³-hybridized carbons (Fsp3) is 0.556. The molecule has 2 saturated heterocycles. The van der Waals surface area contributed by atoms with Crippen molar-refractivity contribution in [2.75, 3.05) is 19.6 Å². The van der Waals surface area contributed by atoms with Gasteiger partial charge in [0.05, 0.1) is 16.1 Å². The van der Waals surface area contributed by atoms with Crippen LogP contribution in [0.5, 0.6) is 5.75 Å². The Kier molecular flexibility index (Phi) is 8.43. The van der Waals surface area contributed by atoms with Crippen LogP contribution in [0.3, 0.4) is 0 Å². The predicted octanol–water partition coefficient (Wildman–Crippen LogP) is 4.92. The second kappa shape index (κ2) is 11.4. The van der Waals surface area contributed by atoms with Crippen LogP contribution in [-0.4, -0.2) is 69.9 Å². The summed E-state index contributed by atoms with van der Waals surface area (Å²) >= 11 is 7.68. The zero-order chi connectivity index (χ0) is 26.7. The molecule has 0 N–H and O–H groups in total. The molecular formula is C27H34ClN3O5S. The van der Waals surface area contributed by atoms with E-state index in [-0.39, 0.29) is 29.8 Å². The van der Waals surface area contributed by atoms with E-state index in [1.165, 1.54) is 11.3 Å². The normalized spacial score (nSPS) is 18.8. The molecule has 0 aliphatic carbocycles. The number of hydrogen-bond acceptors (Lipinski definition) is 7. The van der Waals surface area contributed by atoms with E-state index >= 15 is 0 Å². The summed E-state index contributed by atoms with van der Waals surface area (Å²) in [6.45, 7) is 8.80. The fourth-order valence-electron chi connectivity index (χ4n) is 4.84. The number of carbonyl (C=O) groups is 3. The van der Waals surface area contributed by atoms with Gasteiger partial charge >= 0.3 is 5.97 Å². The molecule has 0 spiro atoms. The summed E-state index contributed by atoms with van der Waals surface area (Å²) in [5.74, 6) is -0.0145. The number of para-hydroxylation sites is 1. The van der Waals surface area contributed by atoms with Crippen LogP contribution in [0.2, 0.25) is 5.02 Å². The molecule has 2 amide bonds. The van der Waals surface area contributed by atoms with Crippen LogP contribution in [-0.2, 0) is 14.3 Å². The van der Waals surface area contributed by atoms with Crippen molar-refractivity contribution in [2.45, 2.75) is 77.0 Å². The molecule has 4 rings (SSSR count).